The molecule has 0 aromatic carbocycles. The Morgan fingerprint density at radius 3 is 2.37 bits per heavy atom. The first-order valence-electron chi connectivity index (χ1n) is 14.4. The van der Waals surface area contributed by atoms with Crippen molar-refractivity contribution >= 4 is 22.6 Å². The highest BCUT2D eigenvalue weighted by atomic mass is 19.3. The number of aromatic nitrogens is 5. The van der Waals surface area contributed by atoms with Crippen molar-refractivity contribution in [2.24, 2.45) is 11.3 Å². The summed E-state index contributed by atoms with van der Waals surface area (Å²) >= 11 is 0. The molecule has 2 fully saturated rings. The van der Waals surface area contributed by atoms with E-state index in [1.807, 2.05) is 38.4 Å². The van der Waals surface area contributed by atoms with E-state index in [2.05, 4.69) is 39.4 Å². The Balaban J connectivity index is 0.00000113. The molecule has 5 rings (SSSR count). The number of rotatable bonds is 6. The molecule has 11 heteroatoms. The number of fused-ring (bicyclic) bond motifs is 1. The Labute approximate surface area is 243 Å². The first-order valence-corrected chi connectivity index (χ1v) is 14.4. The van der Waals surface area contributed by atoms with Crippen molar-refractivity contribution in [3.63, 3.8) is 0 Å². The molecule has 1 atom stereocenters. The molecule has 1 unspecified atom stereocenters. The Hall–Kier alpha value is -3.08. The van der Waals surface area contributed by atoms with Gasteiger partial charge in [0.2, 0.25) is 6.43 Å². The molecule has 1 spiro atoms. The van der Waals surface area contributed by atoms with E-state index in [4.69, 9.17) is 0 Å². The number of urea groups is 1. The van der Waals surface area contributed by atoms with Crippen LogP contribution >= 0.6 is 0 Å². The molecule has 2 aliphatic rings. The van der Waals surface area contributed by atoms with E-state index < -0.39 is 23.0 Å². The molecule has 3 N–H and O–H groups in total. The summed E-state index contributed by atoms with van der Waals surface area (Å²) in [4.78, 5) is 19.6. The second kappa shape index (κ2) is 13.3. The van der Waals surface area contributed by atoms with Crippen molar-refractivity contribution in [3.05, 3.63) is 24.7 Å². The van der Waals surface area contributed by atoms with Crippen LogP contribution in [0.1, 0.15) is 88.5 Å². The van der Waals surface area contributed by atoms with E-state index in [-0.39, 0.29) is 32.8 Å². The Morgan fingerprint density at radius 2 is 1.80 bits per heavy atom. The highest BCUT2D eigenvalue weighted by Gasteiger charge is 2.64. The number of halogens is 2. The number of likely N-dealkylation sites (tertiary alicyclic amines) is 1. The van der Waals surface area contributed by atoms with Crippen LogP contribution in [-0.2, 0) is 6.54 Å². The van der Waals surface area contributed by atoms with E-state index >= 15 is 0 Å². The summed E-state index contributed by atoms with van der Waals surface area (Å²) in [5.74, 6) is 0.422. The molecular formula is C30H49F2N7O2. The third kappa shape index (κ3) is 6.55. The molecule has 4 heterocycles. The molecule has 1 saturated carbocycles. The lowest BCUT2D eigenvalue weighted by atomic mass is 9.64. The van der Waals surface area contributed by atoms with E-state index in [1.165, 1.54) is 20.0 Å². The summed E-state index contributed by atoms with van der Waals surface area (Å²) in [6, 6.07) is 1.55. The fourth-order valence-corrected chi connectivity index (χ4v) is 5.56. The fourth-order valence-electron chi connectivity index (χ4n) is 5.56. The van der Waals surface area contributed by atoms with Crippen LogP contribution in [0.4, 0.5) is 19.3 Å². The monoisotopic (exact) mass is 577 g/mol. The zero-order valence-corrected chi connectivity index (χ0v) is 25.1. The molecule has 1 aliphatic carbocycles. The predicted molar refractivity (Wildman–Crippen MR) is 161 cm³/mol. The maximum absolute atomic E-state index is 14.2. The maximum Gasteiger partial charge on any atom is 0.322 e. The van der Waals surface area contributed by atoms with Gasteiger partial charge in [0.15, 0.2) is 0 Å². The van der Waals surface area contributed by atoms with Crippen molar-refractivity contribution < 1.29 is 18.7 Å². The van der Waals surface area contributed by atoms with Gasteiger partial charge in [-0.1, -0.05) is 49.0 Å². The number of piperidine rings is 1. The van der Waals surface area contributed by atoms with E-state index in [9.17, 15) is 18.7 Å². The lowest BCUT2D eigenvalue weighted by Crippen LogP contribution is -2.61. The van der Waals surface area contributed by atoms with Crippen LogP contribution in [0.5, 0.6) is 0 Å². The second-order valence-corrected chi connectivity index (χ2v) is 11.3. The summed E-state index contributed by atoms with van der Waals surface area (Å²) in [6.07, 6.45) is 3.75. The number of H-pyrrole nitrogens is 1. The van der Waals surface area contributed by atoms with Gasteiger partial charge >= 0.3 is 6.03 Å². The normalized spacial score (nSPS) is 19.3. The number of aliphatic hydroxyl groups is 1. The third-order valence-electron chi connectivity index (χ3n) is 7.91. The third-order valence-corrected chi connectivity index (χ3v) is 7.91. The van der Waals surface area contributed by atoms with Gasteiger partial charge in [0, 0.05) is 30.2 Å². The number of aromatic amines is 1. The average molecular weight is 578 g/mol. The van der Waals surface area contributed by atoms with Crippen LogP contribution < -0.4 is 5.32 Å². The van der Waals surface area contributed by atoms with Crippen molar-refractivity contribution in [3.8, 4) is 11.4 Å². The summed E-state index contributed by atoms with van der Waals surface area (Å²) in [6.45, 7) is 16.0. The van der Waals surface area contributed by atoms with Gasteiger partial charge in [-0.25, -0.2) is 13.6 Å². The maximum atomic E-state index is 14.2. The van der Waals surface area contributed by atoms with Crippen LogP contribution in [0, 0.1) is 11.3 Å². The molecule has 1 saturated heterocycles. The molecule has 2 amide bonds. The lowest BCUT2D eigenvalue weighted by molar-refractivity contribution is -0.173. The highest BCUT2D eigenvalue weighted by Crippen LogP contribution is 2.59. The van der Waals surface area contributed by atoms with Gasteiger partial charge in [0.1, 0.15) is 5.69 Å². The van der Waals surface area contributed by atoms with Gasteiger partial charge in [-0.15, -0.1) is 0 Å². The molecule has 41 heavy (non-hydrogen) atoms. The van der Waals surface area contributed by atoms with Crippen LogP contribution in [0.2, 0.25) is 0 Å². The molecule has 3 aromatic heterocycles. The summed E-state index contributed by atoms with van der Waals surface area (Å²) in [7, 11) is 0. The van der Waals surface area contributed by atoms with Gasteiger partial charge in [0.05, 0.1) is 40.3 Å². The number of nitrogens with one attached hydrogen (secondary N) is 2. The van der Waals surface area contributed by atoms with E-state index in [0.717, 1.165) is 17.4 Å². The number of alkyl halides is 2. The molecule has 0 bridgehead atoms. The van der Waals surface area contributed by atoms with Gasteiger partial charge in [0.25, 0.3) is 0 Å². The molecule has 0 radical (unpaired) electrons. The zero-order valence-electron chi connectivity index (χ0n) is 25.1. The van der Waals surface area contributed by atoms with Gasteiger partial charge in [-0.05, 0) is 51.5 Å². The molecule has 230 valence electrons. The summed E-state index contributed by atoms with van der Waals surface area (Å²) in [5.41, 5.74) is -1.19. The minimum Gasteiger partial charge on any atom is -0.390 e. The average Bonchev–Trinajstić information content (AvgIpc) is 3.32. The van der Waals surface area contributed by atoms with Crippen molar-refractivity contribution in [1.29, 1.82) is 0 Å². The zero-order chi connectivity index (χ0) is 29.9. The Kier molecular flexibility index (Phi) is 11.0. The Morgan fingerprint density at radius 1 is 1.15 bits per heavy atom. The van der Waals surface area contributed by atoms with Crippen LogP contribution in [0.3, 0.4) is 0 Å². The van der Waals surface area contributed by atoms with Crippen molar-refractivity contribution in [1.82, 2.24) is 29.9 Å². The number of pyridine rings is 1. The topological polar surface area (TPSA) is 112 Å². The smallest absolute Gasteiger partial charge is 0.322 e. The quantitative estimate of drug-likeness (QED) is 0.284. The van der Waals surface area contributed by atoms with Gasteiger partial charge in [-0.3, -0.25) is 14.8 Å². The van der Waals surface area contributed by atoms with Crippen molar-refractivity contribution in [2.75, 3.05) is 11.9 Å². The number of carbonyl (C=O) groups is 1. The number of nitrogens with zero attached hydrogens (tertiary/aromatic N) is 5. The molecule has 1 aliphatic heterocycles. The predicted octanol–water partition coefficient (Wildman–Crippen LogP) is 7.35. The standard InChI is InChI=1S/C25H33F2N7O2.2C2H6.CH4/c1-15(2)13-34-19-9-17(28-10-16(19)11-30-34)20-18(12-29-32-20)31-22(35)33-8-7-25(21(26)27,23(3,4)36)14-24(33)5-6-24;2*1-2;/h9-12,15,21,36H,5-8,13-14H2,1-4H3,(H,29,32)(H,31,35);2*1-2H3;1H4. The summed E-state index contributed by atoms with van der Waals surface area (Å²) < 4.78 is 30.3. The number of carbonyl (C=O) groups excluding carboxylic acids is 1. The minimum absolute atomic E-state index is 0. The van der Waals surface area contributed by atoms with Gasteiger partial charge in [-0.2, -0.15) is 10.2 Å². The molecular weight excluding hydrogens is 528 g/mol. The number of hydrogen-bond acceptors (Lipinski definition) is 5. The molecule has 9 nitrogen and oxygen atoms in total. The highest BCUT2D eigenvalue weighted by molar-refractivity contribution is 5.94. The minimum atomic E-state index is -2.68. The van der Waals surface area contributed by atoms with E-state index in [0.29, 0.717) is 35.8 Å². The second-order valence-electron chi connectivity index (χ2n) is 11.3. The van der Waals surface area contributed by atoms with E-state index in [1.54, 1.807) is 17.3 Å². The first kappa shape index (κ1) is 34.1. The first-order chi connectivity index (χ1) is 19.0. The van der Waals surface area contributed by atoms with Crippen LogP contribution in [0.15, 0.2) is 24.7 Å². The Bertz CT molecular complexity index is 1280. The van der Waals surface area contributed by atoms with Gasteiger partial charge < -0.3 is 15.3 Å². The van der Waals surface area contributed by atoms with Crippen LogP contribution in [-0.4, -0.2) is 65.1 Å². The van der Waals surface area contributed by atoms with Crippen LogP contribution in [0.25, 0.3) is 22.3 Å². The SMILES string of the molecule is C.CC.CC.CC(C)Cn1ncc2cnc(-c3[nH]ncc3NC(=O)N3CCC(C(F)F)(C(C)(C)O)CC34CC4)cc21. The lowest BCUT2D eigenvalue weighted by Gasteiger charge is -2.52. The molecule has 3 aromatic rings. The number of amides is 2. The number of hydrogen-bond donors (Lipinski definition) is 3. The fraction of sp³-hybridized carbons (Fsp3) is 0.667. The van der Waals surface area contributed by atoms with Crippen molar-refractivity contribution in [2.45, 2.75) is 113 Å². The largest absolute Gasteiger partial charge is 0.390 e. The number of anilines is 1. The summed E-state index contributed by atoms with van der Waals surface area (Å²) in [5, 5.41) is 26.0.